The van der Waals surface area contributed by atoms with Crippen molar-refractivity contribution in [2.75, 3.05) is 7.11 Å². The molecular formula is C22H18N6O4. The fraction of sp³-hybridized carbons (Fsp3) is 0.136. The van der Waals surface area contributed by atoms with Gasteiger partial charge >= 0.3 is 5.69 Å². The molecule has 0 fully saturated rings. The monoisotopic (exact) mass is 430 g/mol. The summed E-state index contributed by atoms with van der Waals surface area (Å²) in [5.74, 6) is 0.587. The molecule has 3 N–H and O–H groups in total. The van der Waals surface area contributed by atoms with E-state index in [-0.39, 0.29) is 22.8 Å². The van der Waals surface area contributed by atoms with Crippen molar-refractivity contribution in [3.05, 3.63) is 97.5 Å². The molecule has 1 unspecified atom stereocenters. The Morgan fingerprint density at radius 1 is 1.09 bits per heavy atom. The Bertz CT molecular complexity index is 1520. The number of pyridine rings is 1. The van der Waals surface area contributed by atoms with Crippen LogP contribution in [0.3, 0.4) is 0 Å². The maximum Gasteiger partial charge on any atom is 0.328 e. The van der Waals surface area contributed by atoms with E-state index in [1.165, 1.54) is 10.9 Å². The van der Waals surface area contributed by atoms with Crippen LogP contribution in [-0.2, 0) is 0 Å². The summed E-state index contributed by atoms with van der Waals surface area (Å²) in [6, 6.07) is 10.8. The summed E-state index contributed by atoms with van der Waals surface area (Å²) in [5.41, 5.74) is 1.02. The van der Waals surface area contributed by atoms with E-state index >= 15 is 0 Å². The van der Waals surface area contributed by atoms with Gasteiger partial charge in [0.2, 0.25) is 11.8 Å². The van der Waals surface area contributed by atoms with Crippen molar-refractivity contribution in [1.29, 1.82) is 5.41 Å². The molecule has 0 saturated carbocycles. The predicted octanol–water partition coefficient (Wildman–Crippen LogP) is 1.73. The summed E-state index contributed by atoms with van der Waals surface area (Å²) >= 11 is 0. The first-order chi connectivity index (χ1) is 15.5. The molecule has 1 aliphatic heterocycles. The molecule has 0 saturated heterocycles. The van der Waals surface area contributed by atoms with Gasteiger partial charge in [-0.25, -0.2) is 14.8 Å². The van der Waals surface area contributed by atoms with E-state index < -0.39 is 17.2 Å². The van der Waals surface area contributed by atoms with Gasteiger partial charge in [-0.15, -0.1) is 0 Å². The summed E-state index contributed by atoms with van der Waals surface area (Å²) in [4.78, 5) is 38.2. The highest BCUT2D eigenvalue weighted by atomic mass is 16.5. The largest absolute Gasteiger partial charge is 0.497 e. The molecule has 10 heteroatoms. The highest BCUT2D eigenvalue weighted by Gasteiger charge is 2.35. The zero-order valence-electron chi connectivity index (χ0n) is 17.2. The lowest BCUT2D eigenvalue weighted by atomic mass is 9.85. The molecule has 160 valence electrons. The standard InChI is InChI=1S/C22H18N6O4/c1-11-7-8-24-14(9-11)28-10-25-20-16(18(28)23)15(12-3-5-13(31-2)6-4-12)17-19(29)26-22(30)27-21(17)32-20/h3-10,15,23H,1-2H3,(H2,26,27,29,30). The SMILES string of the molecule is COc1ccc(C2c3c([nH]c(=O)[nH]c3=O)Oc3ncn(-c4cc(C)ccn4)c(=N)c32)cc1. The van der Waals surface area contributed by atoms with Crippen LogP contribution in [0.4, 0.5) is 0 Å². The van der Waals surface area contributed by atoms with Gasteiger partial charge in [0.15, 0.2) is 0 Å². The average Bonchev–Trinajstić information content (AvgIpc) is 2.78. The van der Waals surface area contributed by atoms with E-state index in [2.05, 4.69) is 19.9 Å². The van der Waals surface area contributed by atoms with Crippen LogP contribution in [0.2, 0.25) is 0 Å². The molecule has 1 aromatic carbocycles. The van der Waals surface area contributed by atoms with Crippen LogP contribution < -0.4 is 26.2 Å². The second kappa shape index (κ2) is 7.34. The van der Waals surface area contributed by atoms with Crippen molar-refractivity contribution in [1.82, 2.24) is 24.5 Å². The quantitative estimate of drug-likeness (QED) is 0.398. The number of H-pyrrole nitrogens is 2. The third kappa shape index (κ3) is 3.09. The number of hydrogen-bond donors (Lipinski definition) is 3. The molecular weight excluding hydrogens is 412 g/mol. The molecule has 32 heavy (non-hydrogen) atoms. The molecule has 1 atom stereocenters. The first kappa shape index (κ1) is 19.5. The second-order valence-electron chi connectivity index (χ2n) is 7.33. The Morgan fingerprint density at radius 3 is 2.59 bits per heavy atom. The second-order valence-corrected chi connectivity index (χ2v) is 7.33. The minimum atomic E-state index is -0.711. The van der Waals surface area contributed by atoms with Crippen LogP contribution in [0.5, 0.6) is 17.5 Å². The topological polar surface area (TPSA) is 139 Å². The summed E-state index contributed by atoms with van der Waals surface area (Å²) in [6.07, 6.45) is 3.09. The van der Waals surface area contributed by atoms with Gasteiger partial charge in [0.1, 0.15) is 23.4 Å². The van der Waals surface area contributed by atoms with Crippen molar-refractivity contribution in [2.24, 2.45) is 0 Å². The third-order valence-corrected chi connectivity index (χ3v) is 5.33. The minimum Gasteiger partial charge on any atom is -0.497 e. The van der Waals surface area contributed by atoms with Crippen molar-refractivity contribution in [2.45, 2.75) is 12.8 Å². The lowest BCUT2D eigenvalue weighted by Gasteiger charge is -2.27. The zero-order valence-corrected chi connectivity index (χ0v) is 17.2. The van der Waals surface area contributed by atoms with Crippen LogP contribution in [-0.4, -0.2) is 31.6 Å². The Morgan fingerprint density at radius 2 is 1.88 bits per heavy atom. The lowest BCUT2D eigenvalue weighted by Crippen LogP contribution is -2.35. The van der Waals surface area contributed by atoms with E-state index in [1.54, 1.807) is 37.6 Å². The number of aromatic nitrogens is 5. The molecule has 0 bridgehead atoms. The van der Waals surface area contributed by atoms with Gasteiger partial charge in [0.25, 0.3) is 5.56 Å². The number of hydrogen-bond acceptors (Lipinski definition) is 7. The fourth-order valence-corrected chi connectivity index (χ4v) is 3.82. The van der Waals surface area contributed by atoms with E-state index in [1.807, 2.05) is 19.1 Å². The number of benzene rings is 1. The molecule has 5 rings (SSSR count). The summed E-state index contributed by atoms with van der Waals surface area (Å²) in [6.45, 7) is 1.93. The lowest BCUT2D eigenvalue weighted by molar-refractivity contribution is 0.404. The van der Waals surface area contributed by atoms with Crippen molar-refractivity contribution in [3.8, 4) is 23.3 Å². The van der Waals surface area contributed by atoms with Crippen molar-refractivity contribution >= 4 is 0 Å². The average molecular weight is 430 g/mol. The third-order valence-electron chi connectivity index (χ3n) is 5.33. The van der Waals surface area contributed by atoms with Gasteiger partial charge in [-0.05, 0) is 42.3 Å². The molecule has 0 spiro atoms. The smallest absolute Gasteiger partial charge is 0.328 e. The number of aromatic amines is 2. The number of rotatable bonds is 3. The Kier molecular flexibility index (Phi) is 4.47. The Balaban J connectivity index is 1.80. The van der Waals surface area contributed by atoms with E-state index in [0.29, 0.717) is 22.7 Å². The molecule has 0 aliphatic carbocycles. The van der Waals surface area contributed by atoms with Crippen LogP contribution in [0.1, 0.15) is 28.2 Å². The van der Waals surface area contributed by atoms with Crippen molar-refractivity contribution < 1.29 is 9.47 Å². The Labute approximate surface area is 180 Å². The van der Waals surface area contributed by atoms with E-state index in [9.17, 15) is 9.59 Å². The summed E-state index contributed by atoms with van der Waals surface area (Å²) < 4.78 is 12.5. The zero-order chi connectivity index (χ0) is 22.4. The summed E-state index contributed by atoms with van der Waals surface area (Å²) in [7, 11) is 1.56. The molecule has 10 nitrogen and oxygen atoms in total. The minimum absolute atomic E-state index is 0.00500. The number of ether oxygens (including phenoxy) is 2. The molecule has 4 heterocycles. The van der Waals surface area contributed by atoms with Gasteiger partial charge in [-0.1, -0.05) is 12.1 Å². The van der Waals surface area contributed by atoms with Gasteiger partial charge in [0.05, 0.1) is 24.2 Å². The number of nitrogens with one attached hydrogen (secondary N) is 3. The van der Waals surface area contributed by atoms with E-state index in [4.69, 9.17) is 14.9 Å². The Hall–Kier alpha value is -4.47. The predicted molar refractivity (Wildman–Crippen MR) is 114 cm³/mol. The molecule has 0 radical (unpaired) electrons. The number of methoxy groups -OCH3 is 1. The van der Waals surface area contributed by atoms with Gasteiger partial charge in [-0.3, -0.25) is 24.7 Å². The number of aryl methyl sites for hydroxylation is 1. The highest BCUT2D eigenvalue weighted by Crippen LogP contribution is 2.42. The first-order valence-corrected chi connectivity index (χ1v) is 9.73. The molecule has 0 amide bonds. The van der Waals surface area contributed by atoms with Gasteiger partial charge in [0, 0.05) is 6.20 Å². The fourth-order valence-electron chi connectivity index (χ4n) is 3.82. The van der Waals surface area contributed by atoms with Crippen LogP contribution >= 0.6 is 0 Å². The molecule has 1 aliphatic rings. The van der Waals surface area contributed by atoms with Gasteiger partial charge in [-0.2, -0.15) is 0 Å². The molecule has 3 aromatic heterocycles. The van der Waals surface area contributed by atoms with Crippen molar-refractivity contribution in [3.63, 3.8) is 0 Å². The first-order valence-electron chi connectivity index (χ1n) is 9.73. The normalized spacial score (nSPS) is 14.2. The number of fused-ring (bicyclic) bond motifs is 2. The van der Waals surface area contributed by atoms with Crippen LogP contribution in [0.15, 0.2) is 58.5 Å². The maximum absolute atomic E-state index is 12.8. The van der Waals surface area contributed by atoms with Gasteiger partial charge < -0.3 is 9.47 Å². The van der Waals surface area contributed by atoms with Crippen LogP contribution in [0, 0.1) is 12.3 Å². The highest BCUT2D eigenvalue weighted by molar-refractivity contribution is 5.53. The van der Waals surface area contributed by atoms with Crippen LogP contribution in [0.25, 0.3) is 5.82 Å². The maximum atomic E-state index is 12.8. The molecule has 4 aromatic rings. The summed E-state index contributed by atoms with van der Waals surface area (Å²) in [5, 5.41) is 8.94. The number of nitrogens with zero attached hydrogens (tertiary/aromatic N) is 3. The van der Waals surface area contributed by atoms with E-state index in [0.717, 1.165) is 5.56 Å².